The molecule has 1 aromatic rings. The zero-order valence-electron chi connectivity index (χ0n) is 13.9. The smallest absolute Gasteiger partial charge is 0.191 e. The second-order valence-electron chi connectivity index (χ2n) is 5.31. The molecule has 0 fully saturated rings. The Kier molecular flexibility index (Phi) is 14.0. The topological polar surface area (TPSA) is 45.7 Å². The highest BCUT2D eigenvalue weighted by Crippen LogP contribution is 2.07. The highest BCUT2D eigenvalue weighted by Gasteiger charge is 1.98. The average Bonchev–Trinajstić information content (AvgIpc) is 2.95. The van der Waals surface area contributed by atoms with Gasteiger partial charge in [-0.1, -0.05) is 19.9 Å². The first-order valence-electron chi connectivity index (χ1n) is 7.84. The average molecular weight is 439 g/mol. The standard InChI is InChI=1S/C16H29N3OS.HI/c1-4-17-16(18-9-7-15-6-5-13-21-15)19-10-12-20-11-8-14(2)3;/h5-6,13-14H,4,7-12H2,1-3H3,(H2,17,18,19);1H. The molecule has 0 amide bonds. The van der Waals surface area contributed by atoms with E-state index in [4.69, 9.17) is 4.74 Å². The number of thiophene rings is 1. The molecule has 4 nitrogen and oxygen atoms in total. The molecule has 0 aliphatic rings. The van der Waals surface area contributed by atoms with Gasteiger partial charge < -0.3 is 15.4 Å². The summed E-state index contributed by atoms with van der Waals surface area (Å²) < 4.78 is 5.58. The molecule has 1 aromatic heterocycles. The number of nitrogens with one attached hydrogen (secondary N) is 2. The van der Waals surface area contributed by atoms with E-state index >= 15 is 0 Å². The summed E-state index contributed by atoms with van der Waals surface area (Å²) in [5.74, 6) is 1.58. The van der Waals surface area contributed by atoms with Gasteiger partial charge in [0.15, 0.2) is 5.96 Å². The monoisotopic (exact) mass is 439 g/mol. The van der Waals surface area contributed by atoms with Gasteiger partial charge in [-0.05, 0) is 37.1 Å². The van der Waals surface area contributed by atoms with E-state index in [1.165, 1.54) is 4.88 Å². The summed E-state index contributed by atoms with van der Waals surface area (Å²) in [6.07, 6.45) is 2.15. The number of rotatable bonds is 10. The van der Waals surface area contributed by atoms with Crippen LogP contribution < -0.4 is 10.6 Å². The lowest BCUT2D eigenvalue weighted by Gasteiger charge is -2.11. The first kappa shape index (κ1) is 21.7. The van der Waals surface area contributed by atoms with Gasteiger partial charge in [-0.25, -0.2) is 0 Å². The van der Waals surface area contributed by atoms with Crippen LogP contribution in [0.5, 0.6) is 0 Å². The van der Waals surface area contributed by atoms with Gasteiger partial charge >= 0.3 is 0 Å². The highest BCUT2D eigenvalue weighted by molar-refractivity contribution is 14.0. The first-order valence-corrected chi connectivity index (χ1v) is 8.72. The SMILES string of the molecule is CCNC(=NCCOCCC(C)C)NCCc1cccs1.I. The predicted molar refractivity (Wildman–Crippen MR) is 108 cm³/mol. The van der Waals surface area contributed by atoms with E-state index in [2.05, 4.69) is 53.9 Å². The molecule has 0 atom stereocenters. The van der Waals surface area contributed by atoms with Gasteiger partial charge in [0.05, 0.1) is 13.2 Å². The largest absolute Gasteiger partial charge is 0.380 e. The van der Waals surface area contributed by atoms with Gasteiger partial charge in [-0.2, -0.15) is 0 Å². The van der Waals surface area contributed by atoms with Crippen LogP contribution >= 0.6 is 35.3 Å². The molecule has 128 valence electrons. The summed E-state index contributed by atoms with van der Waals surface area (Å²) in [4.78, 5) is 5.92. The molecule has 0 spiro atoms. The summed E-state index contributed by atoms with van der Waals surface area (Å²) in [6.45, 7) is 10.5. The second-order valence-corrected chi connectivity index (χ2v) is 6.34. The Hall–Kier alpha value is -0.340. The molecule has 0 unspecified atom stereocenters. The third kappa shape index (κ3) is 11.3. The van der Waals surface area contributed by atoms with Gasteiger partial charge in [0, 0.05) is 24.6 Å². The van der Waals surface area contributed by atoms with Crippen molar-refractivity contribution >= 4 is 41.3 Å². The number of nitrogens with zero attached hydrogens (tertiary/aromatic N) is 1. The maximum absolute atomic E-state index is 5.58. The Morgan fingerprint density at radius 2 is 2.14 bits per heavy atom. The van der Waals surface area contributed by atoms with Crippen LogP contribution in [-0.4, -0.2) is 38.8 Å². The summed E-state index contributed by atoms with van der Waals surface area (Å²) in [7, 11) is 0. The van der Waals surface area contributed by atoms with Gasteiger partial charge in [-0.15, -0.1) is 35.3 Å². The summed E-state index contributed by atoms with van der Waals surface area (Å²) >= 11 is 1.80. The van der Waals surface area contributed by atoms with Crippen molar-refractivity contribution in [1.82, 2.24) is 10.6 Å². The Morgan fingerprint density at radius 1 is 1.32 bits per heavy atom. The summed E-state index contributed by atoms with van der Waals surface area (Å²) in [5.41, 5.74) is 0. The quantitative estimate of drug-likeness (QED) is 0.254. The van der Waals surface area contributed by atoms with E-state index in [0.29, 0.717) is 19.1 Å². The normalized spacial score (nSPS) is 11.4. The molecule has 0 saturated heterocycles. The van der Waals surface area contributed by atoms with Crippen molar-refractivity contribution < 1.29 is 4.74 Å². The maximum Gasteiger partial charge on any atom is 0.191 e. The minimum absolute atomic E-state index is 0. The minimum atomic E-state index is 0. The zero-order valence-corrected chi connectivity index (χ0v) is 17.1. The van der Waals surface area contributed by atoms with Crippen molar-refractivity contribution in [3.05, 3.63) is 22.4 Å². The van der Waals surface area contributed by atoms with E-state index in [1.807, 2.05) is 0 Å². The number of halogens is 1. The van der Waals surface area contributed by atoms with E-state index in [9.17, 15) is 0 Å². The fourth-order valence-electron chi connectivity index (χ4n) is 1.74. The molecule has 0 aliphatic carbocycles. The van der Waals surface area contributed by atoms with Gasteiger partial charge in [-0.3, -0.25) is 4.99 Å². The molecule has 22 heavy (non-hydrogen) atoms. The molecule has 6 heteroatoms. The van der Waals surface area contributed by atoms with Gasteiger partial charge in [0.2, 0.25) is 0 Å². The van der Waals surface area contributed by atoms with Crippen LogP contribution in [0.15, 0.2) is 22.5 Å². The number of aliphatic imine (C=N–C) groups is 1. The third-order valence-electron chi connectivity index (χ3n) is 2.93. The number of ether oxygens (including phenoxy) is 1. The summed E-state index contributed by atoms with van der Waals surface area (Å²) in [6, 6.07) is 4.26. The summed E-state index contributed by atoms with van der Waals surface area (Å²) in [5, 5.41) is 8.73. The Bertz CT molecular complexity index is 383. The molecule has 2 N–H and O–H groups in total. The van der Waals surface area contributed by atoms with Crippen LogP contribution in [0.2, 0.25) is 0 Å². The van der Waals surface area contributed by atoms with E-state index in [-0.39, 0.29) is 24.0 Å². The van der Waals surface area contributed by atoms with Gasteiger partial charge in [0.25, 0.3) is 0 Å². The fourth-order valence-corrected chi connectivity index (χ4v) is 2.45. The van der Waals surface area contributed by atoms with E-state index in [1.54, 1.807) is 11.3 Å². The minimum Gasteiger partial charge on any atom is -0.380 e. The van der Waals surface area contributed by atoms with E-state index in [0.717, 1.165) is 38.5 Å². The fraction of sp³-hybridized carbons (Fsp3) is 0.688. The molecule has 1 heterocycles. The van der Waals surface area contributed by atoms with Crippen molar-refractivity contribution in [1.29, 1.82) is 0 Å². The molecule has 0 aromatic carbocycles. The van der Waals surface area contributed by atoms with Crippen LogP contribution in [-0.2, 0) is 11.2 Å². The molecular weight excluding hydrogens is 409 g/mol. The predicted octanol–water partition coefficient (Wildman–Crippen LogP) is 3.53. The maximum atomic E-state index is 5.58. The number of guanidine groups is 1. The van der Waals surface area contributed by atoms with Crippen molar-refractivity contribution in [3.63, 3.8) is 0 Å². The van der Waals surface area contributed by atoms with E-state index < -0.39 is 0 Å². The zero-order chi connectivity index (χ0) is 15.3. The van der Waals surface area contributed by atoms with Crippen LogP contribution in [0.3, 0.4) is 0 Å². The van der Waals surface area contributed by atoms with Gasteiger partial charge in [0.1, 0.15) is 0 Å². The molecule has 0 saturated carbocycles. The molecule has 0 bridgehead atoms. The highest BCUT2D eigenvalue weighted by atomic mass is 127. The molecular formula is C16H30IN3OS. The van der Waals surface area contributed by atoms with Crippen molar-refractivity contribution in [2.75, 3.05) is 32.8 Å². The molecule has 0 aliphatic heterocycles. The molecule has 0 radical (unpaired) electrons. The Balaban J connectivity index is 0.00000441. The van der Waals surface area contributed by atoms with Crippen molar-refractivity contribution in [3.8, 4) is 0 Å². The second kappa shape index (κ2) is 14.3. The van der Waals surface area contributed by atoms with Crippen LogP contribution in [0.4, 0.5) is 0 Å². The number of hydrogen-bond donors (Lipinski definition) is 2. The van der Waals surface area contributed by atoms with Crippen molar-refractivity contribution in [2.24, 2.45) is 10.9 Å². The van der Waals surface area contributed by atoms with Crippen LogP contribution in [0.1, 0.15) is 32.1 Å². The lowest BCUT2D eigenvalue weighted by atomic mass is 10.1. The third-order valence-corrected chi connectivity index (χ3v) is 3.87. The first-order chi connectivity index (χ1) is 10.2. The lowest BCUT2D eigenvalue weighted by molar-refractivity contribution is 0.130. The lowest BCUT2D eigenvalue weighted by Crippen LogP contribution is -2.38. The number of hydrogen-bond acceptors (Lipinski definition) is 3. The molecule has 1 rings (SSSR count). The van der Waals surface area contributed by atoms with Crippen LogP contribution in [0, 0.1) is 5.92 Å². The van der Waals surface area contributed by atoms with Crippen molar-refractivity contribution in [2.45, 2.75) is 33.6 Å². The Labute approximate surface area is 156 Å². The Morgan fingerprint density at radius 3 is 2.77 bits per heavy atom. The van der Waals surface area contributed by atoms with Crippen LogP contribution in [0.25, 0.3) is 0 Å².